The Morgan fingerprint density at radius 1 is 1.17 bits per heavy atom. The second kappa shape index (κ2) is 9.83. The number of anilines is 2. The minimum absolute atomic E-state index is 0.177. The Kier molecular flexibility index (Phi) is 7.49. The summed E-state index contributed by atoms with van der Waals surface area (Å²) in [5.41, 5.74) is 5.68. The van der Waals surface area contributed by atoms with Crippen LogP contribution in [0.3, 0.4) is 0 Å². The van der Waals surface area contributed by atoms with Gasteiger partial charge in [-0.3, -0.25) is 9.79 Å². The van der Waals surface area contributed by atoms with Crippen molar-refractivity contribution in [2.45, 2.75) is 6.18 Å². The predicted octanol–water partition coefficient (Wildman–Crippen LogP) is 3.98. The molecule has 2 aromatic rings. The van der Waals surface area contributed by atoms with Crippen LogP contribution in [-0.4, -0.2) is 25.8 Å². The topological polar surface area (TPSA) is 91.5 Å². The van der Waals surface area contributed by atoms with Gasteiger partial charge in [0.2, 0.25) is 5.91 Å². The molecule has 0 aromatic heterocycles. The van der Waals surface area contributed by atoms with E-state index in [0.29, 0.717) is 11.3 Å². The number of carbonyl (C=O) groups excluding carboxylic acids is 1. The number of nitrogens with one attached hydrogen (secondary N) is 3. The molecule has 29 heavy (non-hydrogen) atoms. The molecule has 0 atom stereocenters. The SMILES string of the molecule is CN=CC(Cl)=C(NCNc1ccc(C(N)=O)cc1)Nc1cccc(C(F)(F)F)c1. The summed E-state index contributed by atoms with van der Waals surface area (Å²) in [5.74, 6) is -0.270. The van der Waals surface area contributed by atoms with Crippen LogP contribution >= 0.6 is 11.6 Å². The van der Waals surface area contributed by atoms with E-state index < -0.39 is 17.6 Å². The lowest BCUT2D eigenvalue weighted by atomic mass is 10.2. The van der Waals surface area contributed by atoms with Crippen LogP contribution < -0.4 is 21.7 Å². The normalized spacial score (nSPS) is 12.4. The van der Waals surface area contributed by atoms with Crippen molar-refractivity contribution in [3.63, 3.8) is 0 Å². The highest BCUT2D eigenvalue weighted by Crippen LogP contribution is 2.31. The third-order valence-electron chi connectivity index (χ3n) is 3.67. The van der Waals surface area contributed by atoms with Crippen LogP contribution in [0.5, 0.6) is 0 Å². The van der Waals surface area contributed by atoms with Gasteiger partial charge in [-0.2, -0.15) is 13.2 Å². The third kappa shape index (κ3) is 6.72. The molecule has 2 rings (SSSR count). The second-order valence-electron chi connectivity index (χ2n) is 5.79. The molecule has 0 aliphatic carbocycles. The Bertz CT molecular complexity index is 911. The molecule has 0 heterocycles. The van der Waals surface area contributed by atoms with E-state index in [2.05, 4.69) is 20.9 Å². The molecule has 0 aliphatic rings. The molecule has 0 spiro atoms. The number of halogens is 4. The maximum absolute atomic E-state index is 12.9. The fraction of sp³-hybridized carbons (Fsp3) is 0.158. The predicted molar refractivity (Wildman–Crippen MR) is 109 cm³/mol. The van der Waals surface area contributed by atoms with Crippen LogP contribution in [0.25, 0.3) is 0 Å². The average Bonchev–Trinajstić information content (AvgIpc) is 2.67. The van der Waals surface area contributed by atoms with E-state index in [-0.39, 0.29) is 23.2 Å². The summed E-state index contributed by atoms with van der Waals surface area (Å²) in [7, 11) is 1.52. The van der Waals surface area contributed by atoms with E-state index in [9.17, 15) is 18.0 Å². The number of rotatable bonds is 8. The minimum atomic E-state index is -4.46. The van der Waals surface area contributed by atoms with Crippen molar-refractivity contribution in [1.82, 2.24) is 5.32 Å². The summed E-state index contributed by atoms with van der Waals surface area (Å²) in [4.78, 5) is 14.9. The number of nitrogens with two attached hydrogens (primary N) is 1. The number of carbonyl (C=O) groups is 1. The van der Waals surface area contributed by atoms with Gasteiger partial charge in [0.15, 0.2) is 0 Å². The molecule has 0 unspecified atom stereocenters. The number of alkyl halides is 3. The molecule has 0 fully saturated rings. The molecule has 5 N–H and O–H groups in total. The minimum Gasteiger partial charge on any atom is -0.368 e. The Morgan fingerprint density at radius 2 is 1.86 bits per heavy atom. The maximum atomic E-state index is 12.9. The van der Waals surface area contributed by atoms with Crippen molar-refractivity contribution in [2.24, 2.45) is 10.7 Å². The van der Waals surface area contributed by atoms with E-state index in [1.807, 2.05) is 0 Å². The molecular weight excluding hydrogens is 407 g/mol. The Morgan fingerprint density at radius 3 is 2.45 bits per heavy atom. The highest BCUT2D eigenvalue weighted by Gasteiger charge is 2.30. The van der Waals surface area contributed by atoms with Gasteiger partial charge < -0.3 is 21.7 Å². The molecule has 0 aliphatic heterocycles. The monoisotopic (exact) mass is 425 g/mol. The Labute approximate surface area is 170 Å². The van der Waals surface area contributed by atoms with Crippen molar-refractivity contribution in [3.8, 4) is 0 Å². The molecule has 10 heteroatoms. The summed E-state index contributed by atoms with van der Waals surface area (Å²) in [6, 6.07) is 11.2. The van der Waals surface area contributed by atoms with Gasteiger partial charge in [0.1, 0.15) is 5.82 Å². The first kappa shape index (κ1) is 22.1. The standard InChI is InChI=1S/C19H19ClF3N5O/c1-25-10-16(20)18(28-15-4-2-3-13(9-15)19(21,22)23)27-11-26-14-7-5-12(6-8-14)17(24)29/h2-10,26-28H,11H2,1H3,(H2,24,29). The van der Waals surface area contributed by atoms with Gasteiger partial charge in [-0.05, 0) is 42.5 Å². The van der Waals surface area contributed by atoms with Gasteiger partial charge in [-0.15, -0.1) is 0 Å². The van der Waals surface area contributed by atoms with Crippen molar-refractivity contribution in [3.05, 3.63) is 70.5 Å². The van der Waals surface area contributed by atoms with Crippen LogP contribution in [0, 0.1) is 0 Å². The zero-order chi connectivity index (χ0) is 21.4. The van der Waals surface area contributed by atoms with Crippen LogP contribution in [-0.2, 0) is 6.18 Å². The molecule has 0 saturated carbocycles. The average molecular weight is 426 g/mol. The first-order chi connectivity index (χ1) is 13.7. The van der Waals surface area contributed by atoms with E-state index in [0.717, 1.165) is 12.1 Å². The molecular formula is C19H19ClF3N5O. The second-order valence-corrected chi connectivity index (χ2v) is 6.19. The van der Waals surface area contributed by atoms with Gasteiger partial charge in [0.25, 0.3) is 0 Å². The first-order valence-corrected chi connectivity index (χ1v) is 8.72. The summed E-state index contributed by atoms with van der Waals surface area (Å²) < 4.78 is 38.7. The summed E-state index contributed by atoms with van der Waals surface area (Å²) >= 11 is 6.17. The van der Waals surface area contributed by atoms with E-state index in [1.165, 1.54) is 25.4 Å². The fourth-order valence-electron chi connectivity index (χ4n) is 2.27. The summed E-state index contributed by atoms with van der Waals surface area (Å²) in [6.07, 6.45) is -3.10. The highest BCUT2D eigenvalue weighted by molar-refractivity contribution is 6.39. The smallest absolute Gasteiger partial charge is 0.368 e. The zero-order valence-electron chi connectivity index (χ0n) is 15.3. The number of hydrogen-bond donors (Lipinski definition) is 4. The quantitative estimate of drug-likeness (QED) is 0.380. The Hall–Kier alpha value is -3.20. The number of primary amides is 1. The van der Waals surface area contributed by atoms with Crippen LogP contribution in [0.1, 0.15) is 15.9 Å². The number of amides is 1. The fourth-order valence-corrected chi connectivity index (χ4v) is 2.48. The van der Waals surface area contributed by atoms with Gasteiger partial charge in [-0.25, -0.2) is 0 Å². The number of hydrogen-bond acceptors (Lipinski definition) is 5. The van der Waals surface area contributed by atoms with Gasteiger partial charge in [0, 0.05) is 30.2 Å². The number of nitrogens with zero attached hydrogens (tertiary/aromatic N) is 1. The van der Waals surface area contributed by atoms with Gasteiger partial charge in [-0.1, -0.05) is 17.7 Å². The molecule has 6 nitrogen and oxygen atoms in total. The van der Waals surface area contributed by atoms with Crippen LogP contribution in [0.2, 0.25) is 0 Å². The molecule has 154 valence electrons. The molecule has 1 amide bonds. The van der Waals surface area contributed by atoms with Gasteiger partial charge >= 0.3 is 6.18 Å². The van der Waals surface area contributed by atoms with E-state index >= 15 is 0 Å². The summed E-state index contributed by atoms with van der Waals surface area (Å²) in [6.45, 7) is 0.186. The lowest BCUT2D eigenvalue weighted by Crippen LogP contribution is -2.27. The molecule has 0 saturated heterocycles. The number of aliphatic imine (C=N–C) groups is 1. The molecule has 2 aromatic carbocycles. The lowest BCUT2D eigenvalue weighted by molar-refractivity contribution is -0.137. The van der Waals surface area contributed by atoms with Crippen LogP contribution in [0.4, 0.5) is 24.5 Å². The van der Waals surface area contributed by atoms with E-state index in [4.69, 9.17) is 17.3 Å². The third-order valence-corrected chi connectivity index (χ3v) is 3.95. The van der Waals surface area contributed by atoms with E-state index in [1.54, 1.807) is 24.3 Å². The van der Waals surface area contributed by atoms with Crippen molar-refractivity contribution >= 4 is 35.1 Å². The van der Waals surface area contributed by atoms with Crippen LogP contribution in [0.15, 0.2) is 64.4 Å². The largest absolute Gasteiger partial charge is 0.416 e. The Balaban J connectivity index is 2.10. The van der Waals surface area contributed by atoms with Gasteiger partial charge in [0.05, 0.1) is 17.3 Å². The lowest BCUT2D eigenvalue weighted by Gasteiger charge is -2.17. The highest BCUT2D eigenvalue weighted by atomic mass is 35.5. The first-order valence-electron chi connectivity index (χ1n) is 8.34. The van der Waals surface area contributed by atoms with Crippen molar-refractivity contribution in [2.75, 3.05) is 24.3 Å². The van der Waals surface area contributed by atoms with Crippen molar-refractivity contribution < 1.29 is 18.0 Å². The maximum Gasteiger partial charge on any atom is 0.416 e. The van der Waals surface area contributed by atoms with Crippen molar-refractivity contribution in [1.29, 1.82) is 0 Å². The molecule has 0 bridgehead atoms. The number of allylic oxidation sites excluding steroid dienone is 1. The number of benzene rings is 2. The zero-order valence-corrected chi connectivity index (χ0v) is 16.1. The molecule has 0 radical (unpaired) electrons. The summed E-state index contributed by atoms with van der Waals surface area (Å²) in [5, 5.41) is 9.00.